The van der Waals surface area contributed by atoms with Crippen molar-refractivity contribution in [3.8, 4) is 5.75 Å². The molecule has 0 saturated heterocycles. The lowest BCUT2D eigenvalue weighted by atomic mass is 10.0. The number of phenols is 1. The summed E-state index contributed by atoms with van der Waals surface area (Å²) in [6, 6.07) is -2.32. The maximum Gasteiger partial charge on any atom is 0.326 e. The highest BCUT2D eigenvalue weighted by Gasteiger charge is 2.36. The van der Waals surface area contributed by atoms with E-state index >= 15 is 0 Å². The minimum Gasteiger partial charge on any atom is -0.508 e. The molecule has 0 fully saturated rings. The summed E-state index contributed by atoms with van der Waals surface area (Å²) in [5.74, 6) is -14.4. The van der Waals surface area contributed by atoms with Crippen LogP contribution in [0.5, 0.6) is 5.75 Å². The Morgan fingerprint density at radius 2 is 0.937 bits per heavy atom. The summed E-state index contributed by atoms with van der Waals surface area (Å²) in [5.41, 5.74) is 12.2. The van der Waals surface area contributed by atoms with Gasteiger partial charge in [0.2, 0.25) is 59.1 Å². The molecule has 0 bridgehead atoms. The molecule has 436 valence electrons. The Labute approximate surface area is 458 Å². The summed E-state index contributed by atoms with van der Waals surface area (Å²) in [6.45, 7) is 3.13. The van der Waals surface area contributed by atoms with Crippen molar-refractivity contribution in [3.63, 3.8) is 0 Å². The third-order valence-electron chi connectivity index (χ3n) is 11.7. The van der Waals surface area contributed by atoms with Gasteiger partial charge in [-0.2, -0.15) is 12.6 Å². The quantitative estimate of drug-likeness (QED) is 0.0290. The van der Waals surface area contributed by atoms with Crippen LogP contribution in [0.3, 0.4) is 0 Å². The number of aliphatic carboxylic acids is 2. The van der Waals surface area contributed by atoms with E-state index in [1.54, 1.807) is 30.3 Å². The van der Waals surface area contributed by atoms with Gasteiger partial charge < -0.3 is 90.0 Å². The lowest BCUT2D eigenvalue weighted by Gasteiger charge is -2.28. The van der Waals surface area contributed by atoms with Gasteiger partial charge in [-0.05, 0) is 55.9 Å². The Balaban J connectivity index is 2.33. The number of carbonyl (C=O) groups is 12. The molecule has 0 aliphatic rings. The Hall–Kier alpha value is -7.93. The average Bonchev–Trinajstić information content (AvgIpc) is 3.39. The molecule has 0 unspecified atom stereocenters. The second-order valence-electron chi connectivity index (χ2n) is 18.5. The summed E-state index contributed by atoms with van der Waals surface area (Å²) < 4.78 is 0. The summed E-state index contributed by atoms with van der Waals surface area (Å²) in [7, 11) is 0. The molecule has 29 nitrogen and oxygen atoms in total. The van der Waals surface area contributed by atoms with Gasteiger partial charge in [0.1, 0.15) is 60.1 Å². The molecule has 0 spiro atoms. The van der Waals surface area contributed by atoms with E-state index in [1.807, 2.05) is 0 Å². The van der Waals surface area contributed by atoms with Crippen molar-refractivity contribution in [2.45, 2.75) is 133 Å². The summed E-state index contributed by atoms with van der Waals surface area (Å²) in [4.78, 5) is 156. The van der Waals surface area contributed by atoms with E-state index in [2.05, 4.69) is 60.5 Å². The number of carboxylic acid groups (broad SMARTS) is 2. The van der Waals surface area contributed by atoms with Crippen LogP contribution in [0.1, 0.15) is 64.5 Å². The number of aliphatic hydroxyl groups is 3. The van der Waals surface area contributed by atoms with Crippen molar-refractivity contribution < 1.29 is 88.2 Å². The maximum absolute atomic E-state index is 14.2. The number of carbonyl (C=O) groups excluding carboxylic acids is 10. The van der Waals surface area contributed by atoms with Crippen molar-refractivity contribution >= 4 is 83.6 Å². The number of primary amides is 1. The molecular weight excluding hydrogens is 1060 g/mol. The summed E-state index contributed by atoms with van der Waals surface area (Å²) in [5, 5.41) is 79.7. The van der Waals surface area contributed by atoms with Crippen LogP contribution < -0.4 is 59.3 Å². The van der Waals surface area contributed by atoms with E-state index in [0.29, 0.717) is 11.1 Å². The Morgan fingerprint density at radius 1 is 0.506 bits per heavy atom. The van der Waals surface area contributed by atoms with Gasteiger partial charge in [-0.1, -0.05) is 56.3 Å². The number of rotatable bonds is 34. The van der Waals surface area contributed by atoms with Crippen molar-refractivity contribution in [2.24, 2.45) is 17.4 Å². The minimum absolute atomic E-state index is 0.149. The van der Waals surface area contributed by atoms with Gasteiger partial charge in [0.05, 0.1) is 25.4 Å². The van der Waals surface area contributed by atoms with Crippen molar-refractivity contribution in [3.05, 3.63) is 65.7 Å². The molecule has 10 amide bonds. The van der Waals surface area contributed by atoms with Gasteiger partial charge in [0.15, 0.2) is 0 Å². The molecule has 2 aromatic carbocycles. The predicted octanol–water partition coefficient (Wildman–Crippen LogP) is -5.95. The van der Waals surface area contributed by atoms with Crippen molar-refractivity contribution in [1.82, 2.24) is 47.9 Å². The molecule has 0 aromatic heterocycles. The second kappa shape index (κ2) is 33.4. The van der Waals surface area contributed by atoms with E-state index in [9.17, 15) is 83.1 Å². The Morgan fingerprint density at radius 3 is 1.41 bits per heavy atom. The normalized spacial score (nSPS) is 15.2. The highest BCUT2D eigenvalue weighted by atomic mass is 32.1. The van der Waals surface area contributed by atoms with Crippen LogP contribution in [-0.4, -0.2) is 187 Å². The second-order valence-corrected chi connectivity index (χ2v) is 18.9. The Bertz CT molecular complexity index is 2450. The number of aliphatic hydroxyl groups excluding tert-OH is 3. The summed E-state index contributed by atoms with van der Waals surface area (Å²) in [6.07, 6.45) is -4.04. The van der Waals surface area contributed by atoms with Crippen LogP contribution in [0.4, 0.5) is 0 Å². The predicted molar refractivity (Wildman–Crippen MR) is 280 cm³/mol. The van der Waals surface area contributed by atoms with E-state index in [-0.39, 0.29) is 25.0 Å². The third kappa shape index (κ3) is 23.3. The largest absolute Gasteiger partial charge is 0.508 e. The molecule has 0 saturated carbocycles. The van der Waals surface area contributed by atoms with Gasteiger partial charge in [-0.25, -0.2) is 4.79 Å². The first kappa shape index (κ1) is 67.2. The zero-order chi connectivity index (χ0) is 59.7. The fraction of sp³-hybridized carbons (Fsp3) is 0.510. The first-order valence-corrected chi connectivity index (χ1v) is 25.3. The van der Waals surface area contributed by atoms with Crippen LogP contribution in [0, 0.1) is 5.92 Å². The van der Waals surface area contributed by atoms with Crippen LogP contribution >= 0.6 is 12.6 Å². The van der Waals surface area contributed by atoms with Gasteiger partial charge in [0.25, 0.3) is 0 Å². The monoisotopic (exact) mass is 1130 g/mol. The molecule has 0 aliphatic heterocycles. The molecule has 79 heavy (non-hydrogen) atoms. The van der Waals surface area contributed by atoms with Gasteiger partial charge in [-0.3, -0.25) is 52.7 Å². The van der Waals surface area contributed by atoms with Crippen LogP contribution in [0.25, 0.3) is 0 Å². The number of nitrogens with two attached hydrogens (primary N) is 2. The van der Waals surface area contributed by atoms with E-state index < -0.39 is 182 Å². The fourth-order valence-corrected chi connectivity index (χ4v) is 7.40. The molecule has 11 atom stereocenters. The number of phenolic OH excluding ortho intramolecular Hbond substituents is 1. The smallest absolute Gasteiger partial charge is 0.326 e. The van der Waals surface area contributed by atoms with Crippen molar-refractivity contribution in [2.75, 3.05) is 19.0 Å². The molecule has 30 heteroatoms. The van der Waals surface area contributed by atoms with Crippen LogP contribution in [0.15, 0.2) is 54.6 Å². The number of aromatic hydroxyl groups is 1. The Kier molecular flexibility index (Phi) is 28.4. The molecule has 19 N–H and O–H groups in total. The van der Waals surface area contributed by atoms with E-state index in [4.69, 9.17) is 16.6 Å². The maximum atomic E-state index is 14.2. The molecule has 0 aliphatic carbocycles. The standard InChI is InChI=1S/C49H71N11O18S/c1-23(2)38(49(77)78)59-40(68)24(3)52-45(73)33(20-61)57-47(75)35(22-79)58-48(76)39(25(4)63)60-46(74)34(21-62)56-42(70)30(15-16-36(51)65)53-43(71)32(19-27-10-12-28(64)13-11-27)55-44(72)31(18-26-8-6-5-7-9-26)54-41(69)29(50)14-17-37(66)67/h5-13,23-25,29-35,38-39,61-64,79H,14-22,50H2,1-4H3,(H2,51,65)(H,52,73)(H,53,71)(H,54,69)(H,55,72)(H,56,70)(H,57,75)(H,58,76)(H,59,68)(H,60,74)(H,66,67)(H,77,78)/t24-,25+,29-,30-,31-,32-,33-,34-,35-,38-,39-/m0/s1. The number of hydrogen-bond acceptors (Lipinski definition) is 18. The number of thiol groups is 1. The van der Waals surface area contributed by atoms with Crippen LogP contribution in [0.2, 0.25) is 0 Å². The highest BCUT2D eigenvalue weighted by Crippen LogP contribution is 2.14. The lowest BCUT2D eigenvalue weighted by molar-refractivity contribution is -0.143. The lowest BCUT2D eigenvalue weighted by Crippen LogP contribution is -2.63. The number of nitrogens with one attached hydrogen (secondary N) is 9. The SMILES string of the molecule is CC(C)[C@H](NC(=O)[C@H](C)NC(=O)[C@H](CO)NC(=O)[C@H](CS)NC(=O)[C@@H](NC(=O)[C@H](CO)NC(=O)[C@H](CCC(N)=O)NC(=O)[C@H](Cc1ccc(O)cc1)NC(=O)[C@H](Cc1ccccc1)NC(=O)[C@@H](N)CCC(=O)O)[C@@H](C)O)C(=O)O. The number of amides is 10. The average molecular weight is 1130 g/mol. The highest BCUT2D eigenvalue weighted by molar-refractivity contribution is 7.80. The van der Waals surface area contributed by atoms with Gasteiger partial charge in [-0.15, -0.1) is 0 Å². The van der Waals surface area contributed by atoms with Gasteiger partial charge in [0, 0.05) is 31.4 Å². The first-order valence-electron chi connectivity index (χ1n) is 24.7. The zero-order valence-electron chi connectivity index (χ0n) is 43.7. The molecule has 0 heterocycles. The minimum atomic E-state index is -1.95. The third-order valence-corrected chi connectivity index (χ3v) is 12.1. The number of carboxylic acids is 2. The molecule has 0 radical (unpaired) electrons. The van der Waals surface area contributed by atoms with Crippen molar-refractivity contribution in [1.29, 1.82) is 0 Å². The fourth-order valence-electron chi connectivity index (χ4n) is 7.14. The number of hydrogen-bond donors (Lipinski definition) is 18. The first-order chi connectivity index (χ1) is 37.1. The molecule has 2 rings (SSSR count). The topological polar surface area (TPSA) is 487 Å². The summed E-state index contributed by atoms with van der Waals surface area (Å²) >= 11 is 4.05. The van der Waals surface area contributed by atoms with Gasteiger partial charge >= 0.3 is 11.9 Å². The van der Waals surface area contributed by atoms with E-state index in [0.717, 1.165) is 6.92 Å². The zero-order valence-corrected chi connectivity index (χ0v) is 44.6. The molecule has 2 aromatic rings. The van der Waals surface area contributed by atoms with E-state index in [1.165, 1.54) is 45.0 Å². The molecular formula is C49H71N11O18S. The van der Waals surface area contributed by atoms with Crippen LogP contribution in [-0.2, 0) is 70.4 Å². The number of benzene rings is 2.